The van der Waals surface area contributed by atoms with Crippen molar-refractivity contribution >= 4 is 5.91 Å². The second-order valence-electron chi connectivity index (χ2n) is 4.10. The second-order valence-corrected chi connectivity index (χ2v) is 4.10. The Morgan fingerprint density at radius 3 is 2.88 bits per heavy atom. The third kappa shape index (κ3) is 2.59. The normalized spacial score (nSPS) is 21.6. The Bertz CT molecular complexity index is 388. The number of carbonyl (C=O) groups excluding carboxylic acids is 1. The Hall–Kier alpha value is -1.53. The highest BCUT2D eigenvalue weighted by molar-refractivity contribution is 5.92. The van der Waals surface area contributed by atoms with Crippen molar-refractivity contribution in [3.05, 3.63) is 18.2 Å². The summed E-state index contributed by atoms with van der Waals surface area (Å²) in [5.41, 5.74) is 0.229. The zero-order chi connectivity index (χ0) is 12.5. The molecule has 7 heteroatoms. The van der Waals surface area contributed by atoms with Crippen LogP contribution in [0.5, 0.6) is 0 Å². The predicted molar refractivity (Wildman–Crippen MR) is 53.3 cm³/mol. The zero-order valence-corrected chi connectivity index (χ0v) is 9.00. The number of likely N-dealkylation sites (tertiary alicyclic amines) is 1. The first-order valence-electron chi connectivity index (χ1n) is 5.33. The average Bonchev–Trinajstić information content (AvgIpc) is 2.80. The molecule has 0 spiro atoms. The van der Waals surface area contributed by atoms with Gasteiger partial charge < -0.3 is 9.88 Å². The lowest BCUT2D eigenvalue weighted by molar-refractivity contribution is -0.184. The van der Waals surface area contributed by atoms with Crippen molar-refractivity contribution in [2.45, 2.75) is 19.0 Å². The first-order valence-corrected chi connectivity index (χ1v) is 5.33. The van der Waals surface area contributed by atoms with Crippen molar-refractivity contribution < 1.29 is 18.0 Å². The minimum Gasteiger partial charge on any atom is -0.341 e. The first kappa shape index (κ1) is 11.9. The maximum absolute atomic E-state index is 12.6. The van der Waals surface area contributed by atoms with Gasteiger partial charge in [0.1, 0.15) is 5.69 Å². The lowest BCUT2D eigenvalue weighted by atomic mass is 9.97. The summed E-state index contributed by atoms with van der Waals surface area (Å²) in [6.45, 7) is 0.103. The van der Waals surface area contributed by atoms with Crippen molar-refractivity contribution in [2.75, 3.05) is 13.1 Å². The van der Waals surface area contributed by atoms with Crippen LogP contribution in [0.1, 0.15) is 23.3 Å². The minimum absolute atomic E-state index is 0.0935. The third-order valence-corrected chi connectivity index (χ3v) is 2.90. The fraction of sp³-hybridized carbons (Fsp3) is 0.600. The number of piperidine rings is 1. The van der Waals surface area contributed by atoms with Crippen LogP contribution in [-0.4, -0.2) is 40.0 Å². The Balaban J connectivity index is 2.05. The van der Waals surface area contributed by atoms with E-state index in [1.54, 1.807) is 0 Å². The number of carbonyl (C=O) groups is 1. The van der Waals surface area contributed by atoms with Gasteiger partial charge in [-0.25, -0.2) is 4.98 Å². The van der Waals surface area contributed by atoms with Gasteiger partial charge in [-0.1, -0.05) is 0 Å². The lowest BCUT2D eigenvalue weighted by Gasteiger charge is -2.33. The Morgan fingerprint density at radius 1 is 1.53 bits per heavy atom. The first-order chi connectivity index (χ1) is 7.98. The van der Waals surface area contributed by atoms with Crippen LogP contribution in [0.25, 0.3) is 0 Å². The van der Waals surface area contributed by atoms with Gasteiger partial charge in [0.2, 0.25) is 0 Å². The second kappa shape index (κ2) is 4.38. The molecule has 0 bridgehead atoms. The molecular formula is C10H12F3N3O. The van der Waals surface area contributed by atoms with E-state index in [2.05, 4.69) is 9.97 Å². The summed E-state index contributed by atoms with van der Waals surface area (Å²) in [7, 11) is 0. The highest BCUT2D eigenvalue weighted by Crippen LogP contribution is 2.33. The summed E-state index contributed by atoms with van der Waals surface area (Å²) in [5.74, 6) is -1.83. The summed E-state index contributed by atoms with van der Waals surface area (Å²) < 4.78 is 37.7. The van der Waals surface area contributed by atoms with Gasteiger partial charge in [0, 0.05) is 13.1 Å². The molecule has 17 heavy (non-hydrogen) atoms. The molecule has 0 saturated carbocycles. The van der Waals surface area contributed by atoms with E-state index in [0.29, 0.717) is 13.0 Å². The zero-order valence-electron chi connectivity index (χ0n) is 9.00. The van der Waals surface area contributed by atoms with E-state index < -0.39 is 18.0 Å². The maximum atomic E-state index is 12.6. The van der Waals surface area contributed by atoms with Crippen molar-refractivity contribution in [3.63, 3.8) is 0 Å². The molecule has 1 saturated heterocycles. The molecule has 1 unspecified atom stereocenters. The topological polar surface area (TPSA) is 49.0 Å². The molecule has 0 radical (unpaired) electrons. The predicted octanol–water partition coefficient (Wildman–Crippen LogP) is 1.82. The number of aromatic nitrogens is 2. The fourth-order valence-electron chi connectivity index (χ4n) is 1.97. The number of hydrogen-bond donors (Lipinski definition) is 1. The number of aromatic amines is 1. The molecule has 1 N–H and O–H groups in total. The van der Waals surface area contributed by atoms with E-state index in [0.717, 1.165) is 0 Å². The van der Waals surface area contributed by atoms with E-state index in [1.165, 1.54) is 17.4 Å². The standard InChI is InChI=1S/C10H12F3N3O/c11-10(12,13)7-2-1-3-16(5-7)9(17)8-4-14-6-15-8/h4,6-7H,1-3,5H2,(H,14,15). The summed E-state index contributed by atoms with van der Waals surface area (Å²) >= 11 is 0. The molecule has 1 atom stereocenters. The van der Waals surface area contributed by atoms with Crippen LogP contribution in [0.2, 0.25) is 0 Å². The molecule has 4 nitrogen and oxygen atoms in total. The molecule has 2 rings (SSSR count). The SMILES string of the molecule is O=C(c1cnc[nH]1)N1CCCC(C(F)(F)F)C1. The van der Waals surface area contributed by atoms with Gasteiger partial charge in [-0.3, -0.25) is 4.79 Å². The van der Waals surface area contributed by atoms with Gasteiger partial charge >= 0.3 is 6.18 Å². The highest BCUT2D eigenvalue weighted by Gasteiger charge is 2.42. The van der Waals surface area contributed by atoms with Crippen LogP contribution in [0.15, 0.2) is 12.5 Å². The number of imidazole rings is 1. The van der Waals surface area contributed by atoms with E-state index >= 15 is 0 Å². The van der Waals surface area contributed by atoms with Gasteiger partial charge in [0.25, 0.3) is 5.91 Å². The Morgan fingerprint density at radius 2 is 2.29 bits per heavy atom. The van der Waals surface area contributed by atoms with Gasteiger partial charge in [0.05, 0.1) is 18.4 Å². The molecule has 1 aromatic heterocycles. The molecule has 2 heterocycles. The number of halogens is 3. The van der Waals surface area contributed by atoms with Gasteiger partial charge in [-0.05, 0) is 12.8 Å². The van der Waals surface area contributed by atoms with Crippen molar-refractivity contribution in [1.29, 1.82) is 0 Å². The molecule has 1 aliphatic heterocycles. The van der Waals surface area contributed by atoms with E-state index in [-0.39, 0.29) is 18.7 Å². The number of nitrogens with zero attached hydrogens (tertiary/aromatic N) is 2. The average molecular weight is 247 g/mol. The molecule has 94 valence electrons. The molecule has 1 aromatic rings. The number of H-pyrrole nitrogens is 1. The molecular weight excluding hydrogens is 235 g/mol. The van der Waals surface area contributed by atoms with Crippen LogP contribution < -0.4 is 0 Å². The van der Waals surface area contributed by atoms with Gasteiger partial charge in [-0.15, -0.1) is 0 Å². The highest BCUT2D eigenvalue weighted by atomic mass is 19.4. The number of hydrogen-bond acceptors (Lipinski definition) is 2. The monoisotopic (exact) mass is 247 g/mol. The van der Waals surface area contributed by atoms with Gasteiger partial charge in [0.15, 0.2) is 0 Å². The van der Waals surface area contributed by atoms with Crippen LogP contribution in [-0.2, 0) is 0 Å². The van der Waals surface area contributed by atoms with E-state index in [4.69, 9.17) is 0 Å². The number of alkyl halides is 3. The summed E-state index contributed by atoms with van der Waals surface area (Å²) in [4.78, 5) is 19.3. The third-order valence-electron chi connectivity index (χ3n) is 2.90. The Kier molecular flexibility index (Phi) is 3.08. The molecule has 1 aliphatic rings. The van der Waals surface area contributed by atoms with Gasteiger partial charge in [-0.2, -0.15) is 13.2 Å². The smallest absolute Gasteiger partial charge is 0.341 e. The maximum Gasteiger partial charge on any atom is 0.393 e. The summed E-state index contributed by atoms with van der Waals surface area (Å²) in [5, 5.41) is 0. The quantitative estimate of drug-likeness (QED) is 0.823. The van der Waals surface area contributed by atoms with Crippen molar-refractivity contribution in [3.8, 4) is 0 Å². The van der Waals surface area contributed by atoms with Crippen LogP contribution in [0.4, 0.5) is 13.2 Å². The largest absolute Gasteiger partial charge is 0.393 e. The van der Waals surface area contributed by atoms with E-state index in [9.17, 15) is 18.0 Å². The summed E-state index contributed by atoms with van der Waals surface area (Å²) in [6.07, 6.45) is -1.11. The number of amides is 1. The van der Waals surface area contributed by atoms with Crippen LogP contribution in [0.3, 0.4) is 0 Å². The molecule has 0 aliphatic carbocycles. The Labute approximate surface area is 95.8 Å². The van der Waals surface area contributed by atoms with Crippen molar-refractivity contribution in [1.82, 2.24) is 14.9 Å². The van der Waals surface area contributed by atoms with Crippen molar-refractivity contribution in [2.24, 2.45) is 5.92 Å². The van der Waals surface area contributed by atoms with E-state index in [1.807, 2.05) is 0 Å². The number of rotatable bonds is 1. The van der Waals surface area contributed by atoms with Crippen LogP contribution >= 0.6 is 0 Å². The molecule has 1 amide bonds. The molecule has 1 fully saturated rings. The molecule has 0 aromatic carbocycles. The van der Waals surface area contributed by atoms with Crippen LogP contribution in [0, 0.1) is 5.92 Å². The number of nitrogens with one attached hydrogen (secondary N) is 1. The minimum atomic E-state index is -4.23. The summed E-state index contributed by atoms with van der Waals surface area (Å²) in [6, 6.07) is 0. The fourth-order valence-corrected chi connectivity index (χ4v) is 1.97. The lowest BCUT2D eigenvalue weighted by Crippen LogP contribution is -2.44.